The summed E-state index contributed by atoms with van der Waals surface area (Å²) in [5, 5.41) is 1.01. The lowest BCUT2D eigenvalue weighted by Gasteiger charge is -2.42. The fourth-order valence-corrected chi connectivity index (χ4v) is 4.83. The van der Waals surface area contributed by atoms with Crippen molar-refractivity contribution in [1.82, 2.24) is 9.47 Å². The molecule has 1 fully saturated rings. The van der Waals surface area contributed by atoms with Crippen LogP contribution in [0.2, 0.25) is 0 Å². The number of benzene rings is 1. The van der Waals surface area contributed by atoms with Crippen LogP contribution in [0, 0.1) is 12.8 Å². The van der Waals surface area contributed by atoms with Crippen molar-refractivity contribution >= 4 is 11.0 Å². The smallest absolute Gasteiger partial charge is 0.336 e. The zero-order valence-electron chi connectivity index (χ0n) is 15.4. The van der Waals surface area contributed by atoms with E-state index in [4.69, 9.17) is 4.42 Å². The van der Waals surface area contributed by atoms with Gasteiger partial charge in [0, 0.05) is 55.3 Å². The molecule has 0 amide bonds. The fraction of sp³-hybridized carbons (Fsp3) is 0.364. The van der Waals surface area contributed by atoms with Gasteiger partial charge in [-0.05, 0) is 42.5 Å². The predicted octanol–water partition coefficient (Wildman–Crippen LogP) is 2.88. The third-order valence-electron chi connectivity index (χ3n) is 5.94. The van der Waals surface area contributed by atoms with Crippen molar-refractivity contribution in [2.45, 2.75) is 32.4 Å². The number of aromatic nitrogens is 1. The van der Waals surface area contributed by atoms with Crippen LogP contribution in [0.15, 0.2) is 56.5 Å². The van der Waals surface area contributed by atoms with E-state index in [0.717, 1.165) is 54.8 Å². The van der Waals surface area contributed by atoms with E-state index in [9.17, 15) is 9.59 Å². The summed E-state index contributed by atoms with van der Waals surface area (Å²) in [5.41, 5.74) is 3.72. The van der Waals surface area contributed by atoms with E-state index in [2.05, 4.69) is 17.0 Å². The van der Waals surface area contributed by atoms with Gasteiger partial charge in [-0.15, -0.1) is 0 Å². The Balaban J connectivity index is 1.48. The van der Waals surface area contributed by atoms with Gasteiger partial charge in [0.25, 0.3) is 5.56 Å². The van der Waals surface area contributed by atoms with E-state index in [1.165, 1.54) is 0 Å². The van der Waals surface area contributed by atoms with Crippen molar-refractivity contribution in [3.05, 3.63) is 80.1 Å². The predicted molar refractivity (Wildman–Crippen MR) is 104 cm³/mol. The zero-order chi connectivity index (χ0) is 18.5. The summed E-state index contributed by atoms with van der Waals surface area (Å²) in [5.74, 6) is 0.852. The number of hydrogen-bond acceptors (Lipinski definition) is 4. The second-order valence-electron chi connectivity index (χ2n) is 7.98. The van der Waals surface area contributed by atoms with Gasteiger partial charge in [0.2, 0.25) is 0 Å². The van der Waals surface area contributed by atoms with E-state index in [1.807, 2.05) is 29.7 Å². The molecule has 5 rings (SSSR count). The number of aryl methyl sites for hydroxylation is 1. The number of likely N-dealkylation sites (tertiary alicyclic amines) is 1. The van der Waals surface area contributed by atoms with Crippen LogP contribution in [-0.2, 0) is 13.1 Å². The van der Waals surface area contributed by atoms with Crippen molar-refractivity contribution in [2.24, 2.45) is 5.92 Å². The van der Waals surface area contributed by atoms with Crippen LogP contribution in [0.4, 0.5) is 0 Å². The first kappa shape index (κ1) is 16.5. The van der Waals surface area contributed by atoms with Gasteiger partial charge in [0.15, 0.2) is 0 Å². The molecule has 138 valence electrons. The third kappa shape index (κ3) is 2.92. The Hall–Kier alpha value is -2.66. The van der Waals surface area contributed by atoms with Crippen LogP contribution in [0.25, 0.3) is 11.0 Å². The van der Waals surface area contributed by atoms with Crippen molar-refractivity contribution in [3.63, 3.8) is 0 Å². The molecule has 1 saturated heterocycles. The number of fused-ring (bicyclic) bond motifs is 5. The largest absolute Gasteiger partial charge is 0.423 e. The molecule has 2 aromatic heterocycles. The minimum atomic E-state index is -0.294. The maximum atomic E-state index is 12.2. The van der Waals surface area contributed by atoms with Crippen molar-refractivity contribution in [3.8, 4) is 0 Å². The van der Waals surface area contributed by atoms with Crippen LogP contribution in [0.3, 0.4) is 0 Å². The maximum Gasteiger partial charge on any atom is 0.336 e. The Morgan fingerprint density at radius 1 is 1.07 bits per heavy atom. The number of hydrogen-bond donors (Lipinski definition) is 0. The van der Waals surface area contributed by atoms with Crippen molar-refractivity contribution in [1.29, 1.82) is 0 Å². The lowest BCUT2D eigenvalue weighted by molar-refractivity contribution is 0.114. The molecule has 0 unspecified atom stereocenters. The normalized spacial score (nSPS) is 22.0. The lowest BCUT2D eigenvalue weighted by Crippen LogP contribution is -2.46. The first-order chi connectivity index (χ1) is 13.1. The Morgan fingerprint density at radius 2 is 1.96 bits per heavy atom. The number of pyridine rings is 1. The van der Waals surface area contributed by atoms with Crippen LogP contribution in [-0.4, -0.2) is 22.6 Å². The Morgan fingerprint density at radius 3 is 2.85 bits per heavy atom. The molecule has 2 aliphatic heterocycles. The van der Waals surface area contributed by atoms with E-state index in [1.54, 1.807) is 12.1 Å². The van der Waals surface area contributed by atoms with Gasteiger partial charge in [-0.25, -0.2) is 4.79 Å². The summed E-state index contributed by atoms with van der Waals surface area (Å²) in [6, 6.07) is 13.3. The molecule has 27 heavy (non-hydrogen) atoms. The summed E-state index contributed by atoms with van der Waals surface area (Å²) >= 11 is 0. The van der Waals surface area contributed by atoms with Crippen LogP contribution in [0.5, 0.6) is 0 Å². The molecule has 2 bridgehead atoms. The summed E-state index contributed by atoms with van der Waals surface area (Å²) in [6.07, 6.45) is 1.14. The second-order valence-corrected chi connectivity index (χ2v) is 7.98. The first-order valence-corrected chi connectivity index (χ1v) is 9.52. The molecular formula is C22H22N2O3. The Kier molecular flexibility index (Phi) is 3.79. The molecular weight excluding hydrogens is 340 g/mol. The molecule has 2 aliphatic rings. The van der Waals surface area contributed by atoms with Gasteiger partial charge >= 0.3 is 5.63 Å². The molecule has 5 heteroatoms. The molecule has 3 aromatic rings. The molecule has 0 spiro atoms. The van der Waals surface area contributed by atoms with Crippen molar-refractivity contribution < 1.29 is 4.42 Å². The molecule has 1 aromatic carbocycles. The van der Waals surface area contributed by atoms with Gasteiger partial charge in [-0.3, -0.25) is 9.69 Å². The summed E-state index contributed by atoms with van der Waals surface area (Å²) < 4.78 is 7.34. The van der Waals surface area contributed by atoms with Crippen LogP contribution < -0.4 is 11.2 Å². The first-order valence-electron chi connectivity index (χ1n) is 9.52. The van der Waals surface area contributed by atoms with Crippen molar-refractivity contribution in [2.75, 3.05) is 13.1 Å². The fourth-order valence-electron chi connectivity index (χ4n) is 4.83. The molecule has 0 radical (unpaired) electrons. The maximum absolute atomic E-state index is 12.2. The minimum absolute atomic E-state index is 0.109. The average molecular weight is 362 g/mol. The van der Waals surface area contributed by atoms with E-state index in [0.29, 0.717) is 17.4 Å². The minimum Gasteiger partial charge on any atom is -0.423 e. The highest BCUT2D eigenvalue weighted by molar-refractivity contribution is 5.80. The topological polar surface area (TPSA) is 55.5 Å². The second kappa shape index (κ2) is 6.20. The van der Waals surface area contributed by atoms with E-state index in [-0.39, 0.29) is 11.2 Å². The van der Waals surface area contributed by atoms with Gasteiger partial charge in [0.05, 0.1) is 0 Å². The van der Waals surface area contributed by atoms with Gasteiger partial charge < -0.3 is 8.98 Å². The number of rotatable bonds is 2. The van der Waals surface area contributed by atoms with Gasteiger partial charge in [-0.2, -0.15) is 0 Å². The summed E-state index contributed by atoms with van der Waals surface area (Å²) in [6.45, 7) is 5.38. The quantitative estimate of drug-likeness (QED) is 0.658. The highest BCUT2D eigenvalue weighted by Crippen LogP contribution is 2.35. The molecule has 2 atom stereocenters. The van der Waals surface area contributed by atoms with Gasteiger partial charge in [0.1, 0.15) is 5.58 Å². The lowest BCUT2D eigenvalue weighted by atomic mass is 9.83. The molecule has 0 aliphatic carbocycles. The monoisotopic (exact) mass is 362 g/mol. The summed E-state index contributed by atoms with van der Waals surface area (Å²) in [4.78, 5) is 26.6. The molecule has 5 nitrogen and oxygen atoms in total. The number of piperidine rings is 1. The molecule has 0 N–H and O–H groups in total. The summed E-state index contributed by atoms with van der Waals surface area (Å²) in [7, 11) is 0. The third-order valence-corrected chi connectivity index (χ3v) is 5.94. The Bertz CT molecular complexity index is 1140. The SMILES string of the molecule is Cc1ccc2c(CN3C[C@@H]4C[C@@H](C3)c3cccc(=O)n3C4)cc(=O)oc2c1. The Labute approximate surface area is 156 Å². The van der Waals surface area contributed by atoms with E-state index < -0.39 is 0 Å². The molecule has 0 saturated carbocycles. The zero-order valence-corrected chi connectivity index (χ0v) is 15.4. The van der Waals surface area contributed by atoms with Crippen LogP contribution in [0.1, 0.15) is 29.2 Å². The molecule has 4 heterocycles. The van der Waals surface area contributed by atoms with E-state index >= 15 is 0 Å². The number of nitrogens with zero attached hydrogens (tertiary/aromatic N) is 2. The van der Waals surface area contributed by atoms with Crippen LogP contribution >= 0.6 is 0 Å². The highest BCUT2D eigenvalue weighted by atomic mass is 16.4. The highest BCUT2D eigenvalue weighted by Gasteiger charge is 2.34. The average Bonchev–Trinajstić information content (AvgIpc) is 2.62. The standard InChI is InChI=1S/C22H22N2O3/c1-14-5-6-18-16(9-22(26)27-20(18)7-14)12-23-10-15-8-17(13-23)19-3-2-4-21(25)24(19)11-15/h2-7,9,15,17H,8,10-13H2,1H3/t15-,17-/m0/s1. The van der Waals surface area contributed by atoms with Gasteiger partial charge in [-0.1, -0.05) is 18.2 Å².